The minimum Gasteiger partial charge on any atom is -0.493 e. The topological polar surface area (TPSA) is 128 Å². The summed E-state index contributed by atoms with van der Waals surface area (Å²) in [6, 6.07) is 11.7. The Hall–Kier alpha value is -4.87. The predicted molar refractivity (Wildman–Crippen MR) is 139 cm³/mol. The number of hydrogen-bond donors (Lipinski definition) is 2. The zero-order valence-electron chi connectivity index (χ0n) is 21.8. The van der Waals surface area contributed by atoms with E-state index in [1.165, 1.54) is 31.3 Å². The molecular formula is C28H27FN4O7. The standard InChI is InChI=1S/C28H27FN4O7/c1-37-21-8-4-17-10-24(21)39-15-26(34)31-11-16-3-7-22(23(9-16)38-2)40-25-14-33(13-20(25)32-27(17)35)28(36)19-6-5-18(29)12-30-19/h3-10,12,20,25H,11,13-15H2,1-2H3,(H,31,34)(H,32,35)/t20-,25-/m0/s1. The maximum Gasteiger partial charge on any atom is 0.272 e. The van der Waals surface area contributed by atoms with Crippen LogP contribution >= 0.6 is 0 Å². The third-order valence-corrected chi connectivity index (χ3v) is 6.60. The molecule has 2 atom stereocenters. The van der Waals surface area contributed by atoms with Crippen LogP contribution in [0, 0.1) is 5.82 Å². The Morgan fingerprint density at radius 2 is 1.85 bits per heavy atom. The fourth-order valence-electron chi connectivity index (χ4n) is 4.52. The minimum absolute atomic E-state index is 0.0718. The van der Waals surface area contributed by atoms with Crippen LogP contribution in [0.2, 0.25) is 0 Å². The van der Waals surface area contributed by atoms with E-state index in [2.05, 4.69) is 15.6 Å². The third-order valence-electron chi connectivity index (χ3n) is 6.60. The van der Waals surface area contributed by atoms with Crippen LogP contribution in [-0.4, -0.2) is 73.7 Å². The number of benzene rings is 2. The van der Waals surface area contributed by atoms with E-state index in [-0.39, 0.29) is 49.2 Å². The van der Waals surface area contributed by atoms with Crippen LogP contribution in [0.3, 0.4) is 0 Å². The molecule has 1 fully saturated rings. The molecule has 1 aromatic heterocycles. The van der Waals surface area contributed by atoms with Crippen molar-refractivity contribution in [3.8, 4) is 23.0 Å². The molecular weight excluding hydrogens is 523 g/mol. The van der Waals surface area contributed by atoms with Gasteiger partial charge >= 0.3 is 0 Å². The highest BCUT2D eigenvalue weighted by Crippen LogP contribution is 2.32. The van der Waals surface area contributed by atoms with Crippen LogP contribution in [0.25, 0.3) is 0 Å². The summed E-state index contributed by atoms with van der Waals surface area (Å²) in [5.41, 5.74) is 1.09. The normalized spacial score (nSPS) is 18.9. The average molecular weight is 551 g/mol. The van der Waals surface area contributed by atoms with Crippen molar-refractivity contribution in [3.63, 3.8) is 0 Å². The van der Waals surface area contributed by atoms with Gasteiger partial charge in [-0.05, 0) is 48.0 Å². The van der Waals surface area contributed by atoms with Crippen molar-refractivity contribution in [2.24, 2.45) is 0 Å². The second kappa shape index (κ2) is 11.5. The molecule has 3 aromatic rings. The molecule has 11 nitrogen and oxygen atoms in total. The van der Waals surface area contributed by atoms with Crippen molar-refractivity contribution in [2.75, 3.05) is 33.9 Å². The number of aromatic nitrogens is 1. The largest absolute Gasteiger partial charge is 0.493 e. The van der Waals surface area contributed by atoms with Crippen molar-refractivity contribution < 1.29 is 37.7 Å². The summed E-state index contributed by atoms with van der Waals surface area (Å²) in [4.78, 5) is 44.3. The number of carbonyl (C=O) groups is 3. The van der Waals surface area contributed by atoms with Crippen molar-refractivity contribution >= 4 is 17.7 Å². The van der Waals surface area contributed by atoms with Gasteiger partial charge in [-0.25, -0.2) is 9.37 Å². The number of hydrogen-bond acceptors (Lipinski definition) is 8. The van der Waals surface area contributed by atoms with E-state index in [0.29, 0.717) is 17.2 Å². The highest BCUT2D eigenvalue weighted by molar-refractivity contribution is 5.96. The summed E-state index contributed by atoms with van der Waals surface area (Å²) in [6.07, 6.45) is 0.321. The fourth-order valence-corrected chi connectivity index (χ4v) is 4.52. The Morgan fingerprint density at radius 3 is 2.60 bits per heavy atom. The summed E-state index contributed by atoms with van der Waals surface area (Å²) >= 11 is 0. The second-order valence-electron chi connectivity index (χ2n) is 9.22. The number of amides is 3. The van der Waals surface area contributed by atoms with E-state index in [4.69, 9.17) is 18.9 Å². The first kappa shape index (κ1) is 26.7. The predicted octanol–water partition coefficient (Wildman–Crippen LogP) is 1.95. The van der Waals surface area contributed by atoms with Crippen molar-refractivity contribution in [1.29, 1.82) is 0 Å². The zero-order valence-corrected chi connectivity index (χ0v) is 21.8. The molecule has 2 N–H and O–H groups in total. The second-order valence-corrected chi connectivity index (χ2v) is 9.22. The number of nitrogens with zero attached hydrogens (tertiary/aromatic N) is 2. The van der Waals surface area contributed by atoms with Crippen molar-refractivity contribution in [1.82, 2.24) is 20.5 Å². The van der Waals surface area contributed by atoms with Crippen molar-refractivity contribution in [3.05, 3.63) is 77.4 Å². The van der Waals surface area contributed by atoms with Crippen LogP contribution in [0.4, 0.5) is 4.39 Å². The van der Waals surface area contributed by atoms with E-state index in [1.807, 2.05) is 0 Å². The Morgan fingerprint density at radius 1 is 1.02 bits per heavy atom. The molecule has 6 rings (SSSR count). The number of nitrogens with one attached hydrogen (secondary N) is 2. The number of carbonyl (C=O) groups excluding carboxylic acids is 3. The molecule has 0 unspecified atom stereocenters. The van der Waals surface area contributed by atoms with Crippen LogP contribution < -0.4 is 29.6 Å². The zero-order chi connectivity index (χ0) is 28.2. The molecule has 2 aromatic carbocycles. The van der Waals surface area contributed by atoms with Gasteiger partial charge in [0.25, 0.3) is 17.7 Å². The molecule has 0 radical (unpaired) electrons. The van der Waals surface area contributed by atoms with Crippen LogP contribution in [0.15, 0.2) is 54.7 Å². The number of pyridine rings is 1. The molecule has 1 saturated heterocycles. The fraction of sp³-hybridized carbons (Fsp3) is 0.286. The number of ether oxygens (including phenoxy) is 4. The van der Waals surface area contributed by atoms with E-state index in [1.54, 1.807) is 30.3 Å². The van der Waals surface area contributed by atoms with E-state index in [9.17, 15) is 18.8 Å². The first-order valence-electron chi connectivity index (χ1n) is 12.5. The molecule has 12 heteroatoms. The summed E-state index contributed by atoms with van der Waals surface area (Å²) in [6.45, 7) is 0.168. The van der Waals surface area contributed by atoms with Gasteiger partial charge in [0.1, 0.15) is 17.6 Å². The van der Waals surface area contributed by atoms with Gasteiger partial charge in [0.15, 0.2) is 29.6 Å². The summed E-state index contributed by atoms with van der Waals surface area (Å²) in [7, 11) is 2.95. The van der Waals surface area contributed by atoms with Crippen LogP contribution in [0.1, 0.15) is 26.4 Å². The first-order valence-corrected chi connectivity index (χ1v) is 12.5. The van der Waals surface area contributed by atoms with Gasteiger partial charge in [0, 0.05) is 18.7 Å². The highest BCUT2D eigenvalue weighted by atomic mass is 19.1. The smallest absolute Gasteiger partial charge is 0.272 e. The number of halogens is 1. The number of methoxy groups -OCH3 is 2. The number of rotatable bonds is 3. The third kappa shape index (κ3) is 5.75. The van der Waals surface area contributed by atoms with E-state index in [0.717, 1.165) is 17.8 Å². The van der Waals surface area contributed by atoms with Gasteiger partial charge < -0.3 is 34.5 Å². The molecule has 40 heavy (non-hydrogen) atoms. The van der Waals surface area contributed by atoms with Crippen LogP contribution in [0.5, 0.6) is 23.0 Å². The molecule has 3 amide bonds. The molecule has 0 aliphatic carbocycles. The summed E-state index contributed by atoms with van der Waals surface area (Å²) in [5, 5.41) is 5.73. The van der Waals surface area contributed by atoms with Gasteiger partial charge in [-0.1, -0.05) is 6.07 Å². The van der Waals surface area contributed by atoms with Gasteiger partial charge in [0.2, 0.25) is 0 Å². The Labute approximate surface area is 229 Å². The van der Waals surface area contributed by atoms with Gasteiger partial charge in [-0.15, -0.1) is 0 Å². The Bertz CT molecular complexity index is 1430. The lowest BCUT2D eigenvalue weighted by atomic mass is 10.1. The molecule has 3 aliphatic heterocycles. The number of likely N-dealkylation sites (tertiary alicyclic amines) is 1. The summed E-state index contributed by atoms with van der Waals surface area (Å²) < 4.78 is 36.2. The van der Waals surface area contributed by atoms with E-state index < -0.39 is 29.8 Å². The Balaban J connectivity index is 1.48. The molecule has 0 saturated carbocycles. The highest BCUT2D eigenvalue weighted by Gasteiger charge is 2.39. The quantitative estimate of drug-likeness (QED) is 0.507. The monoisotopic (exact) mass is 550 g/mol. The first-order chi connectivity index (χ1) is 19.3. The lowest BCUT2D eigenvalue weighted by Crippen LogP contribution is -2.45. The number of fused-ring (bicyclic) bond motifs is 7. The molecule has 0 spiro atoms. The average Bonchev–Trinajstić information content (AvgIpc) is 3.36. The van der Waals surface area contributed by atoms with Crippen molar-refractivity contribution in [2.45, 2.75) is 18.7 Å². The summed E-state index contributed by atoms with van der Waals surface area (Å²) in [5.74, 6) is -0.403. The maximum atomic E-state index is 13.4. The lowest BCUT2D eigenvalue weighted by molar-refractivity contribution is -0.123. The Kier molecular flexibility index (Phi) is 7.67. The lowest BCUT2D eigenvalue weighted by Gasteiger charge is -2.22. The van der Waals surface area contributed by atoms with E-state index >= 15 is 0 Å². The minimum atomic E-state index is -0.655. The molecule has 3 aliphatic rings. The SMILES string of the molecule is COc1ccc2cc1OCC(=O)NCc1ccc(c(OC)c1)O[C@H]1CN(C(=O)c3ccc(F)cn3)C[C@@H]1NC2=O. The molecule has 208 valence electrons. The molecule has 4 heterocycles. The molecule has 4 bridgehead atoms. The van der Waals surface area contributed by atoms with Gasteiger partial charge in [-0.3, -0.25) is 14.4 Å². The van der Waals surface area contributed by atoms with Gasteiger partial charge in [-0.2, -0.15) is 0 Å². The maximum absolute atomic E-state index is 13.4. The van der Waals surface area contributed by atoms with Crippen LogP contribution in [-0.2, 0) is 11.3 Å². The van der Waals surface area contributed by atoms with Gasteiger partial charge in [0.05, 0.1) is 33.0 Å².